The molecule has 1 aromatic carbocycles. The molecule has 72 valence electrons. The zero-order chi connectivity index (χ0) is 10.0. The van der Waals surface area contributed by atoms with E-state index in [1.54, 1.807) is 0 Å². The van der Waals surface area contributed by atoms with Gasteiger partial charge in [-0.05, 0) is 48.0 Å². The second-order valence-electron chi connectivity index (χ2n) is 3.30. The Morgan fingerprint density at radius 2 is 1.85 bits per heavy atom. The van der Waals surface area contributed by atoms with Gasteiger partial charge in [-0.2, -0.15) is 0 Å². The molecule has 0 atom stereocenters. The lowest BCUT2D eigenvalue weighted by atomic mass is 10.2. The van der Waals surface area contributed by atoms with Crippen LogP contribution in [0.5, 0.6) is 0 Å². The van der Waals surface area contributed by atoms with Crippen LogP contribution in [0.2, 0.25) is 0 Å². The highest BCUT2D eigenvalue weighted by Gasteiger charge is 2.08. The maximum absolute atomic E-state index is 3.54. The molecule has 0 radical (unpaired) electrons. The molecule has 0 saturated heterocycles. The van der Waals surface area contributed by atoms with E-state index in [9.17, 15) is 0 Å². The molecule has 0 aliphatic heterocycles. The average molecular weight is 307 g/mol. The molecule has 0 spiro atoms. The van der Waals surface area contributed by atoms with E-state index in [0.717, 1.165) is 8.95 Å². The van der Waals surface area contributed by atoms with Gasteiger partial charge in [-0.1, -0.05) is 15.9 Å². The first-order valence-electron chi connectivity index (χ1n) is 4.20. The molecule has 0 fully saturated rings. The Balaban J connectivity index is 3.01. The van der Waals surface area contributed by atoms with Crippen LogP contribution >= 0.6 is 31.9 Å². The fraction of sp³-hybridized carbons (Fsp3) is 0.400. The summed E-state index contributed by atoms with van der Waals surface area (Å²) in [7, 11) is 2.10. The van der Waals surface area contributed by atoms with Crippen molar-refractivity contribution in [1.29, 1.82) is 0 Å². The van der Waals surface area contributed by atoms with Crippen molar-refractivity contribution in [3.63, 3.8) is 0 Å². The van der Waals surface area contributed by atoms with Crippen LogP contribution in [0.4, 0.5) is 5.69 Å². The van der Waals surface area contributed by atoms with E-state index in [1.807, 2.05) is 0 Å². The molecule has 3 heteroatoms. The Kier molecular flexibility index (Phi) is 3.80. The quantitative estimate of drug-likeness (QED) is 0.796. The fourth-order valence-corrected chi connectivity index (χ4v) is 2.37. The first kappa shape index (κ1) is 11.1. The lowest BCUT2D eigenvalue weighted by molar-refractivity contribution is 0.753. The standard InChI is InChI=1S/C10H13Br2N/c1-7(2)13(3)10-5-4-8(11)6-9(10)12/h4-7H,1-3H3. The molecule has 0 heterocycles. The molecular weight excluding hydrogens is 294 g/mol. The molecule has 0 aliphatic rings. The Morgan fingerprint density at radius 3 is 2.31 bits per heavy atom. The molecule has 0 amide bonds. The molecule has 1 rings (SSSR count). The van der Waals surface area contributed by atoms with Crippen molar-refractivity contribution in [2.75, 3.05) is 11.9 Å². The number of hydrogen-bond donors (Lipinski definition) is 0. The van der Waals surface area contributed by atoms with Crippen LogP contribution in [-0.2, 0) is 0 Å². The van der Waals surface area contributed by atoms with Gasteiger partial charge in [-0.3, -0.25) is 0 Å². The average Bonchev–Trinajstić information content (AvgIpc) is 2.03. The van der Waals surface area contributed by atoms with Gasteiger partial charge in [-0.25, -0.2) is 0 Å². The second-order valence-corrected chi connectivity index (χ2v) is 5.07. The molecule has 0 aromatic heterocycles. The molecule has 13 heavy (non-hydrogen) atoms. The van der Waals surface area contributed by atoms with Gasteiger partial charge in [0.05, 0.1) is 5.69 Å². The van der Waals surface area contributed by atoms with Gasteiger partial charge >= 0.3 is 0 Å². The van der Waals surface area contributed by atoms with Crippen molar-refractivity contribution in [3.8, 4) is 0 Å². The van der Waals surface area contributed by atoms with Gasteiger partial charge in [0.15, 0.2) is 0 Å². The highest BCUT2D eigenvalue weighted by Crippen LogP contribution is 2.29. The molecular formula is C10H13Br2N. The summed E-state index contributed by atoms with van der Waals surface area (Å²) in [4.78, 5) is 2.23. The predicted molar refractivity (Wildman–Crippen MR) is 65.4 cm³/mol. The van der Waals surface area contributed by atoms with Crippen LogP contribution in [0.1, 0.15) is 13.8 Å². The molecule has 1 nitrogen and oxygen atoms in total. The normalized spacial score (nSPS) is 10.6. The topological polar surface area (TPSA) is 3.24 Å². The zero-order valence-corrected chi connectivity index (χ0v) is 11.2. The minimum Gasteiger partial charge on any atom is -0.371 e. The van der Waals surface area contributed by atoms with Crippen LogP contribution in [0.25, 0.3) is 0 Å². The fourth-order valence-electron chi connectivity index (χ4n) is 1.05. The molecule has 0 bridgehead atoms. The van der Waals surface area contributed by atoms with Crippen molar-refractivity contribution in [2.45, 2.75) is 19.9 Å². The number of nitrogens with zero attached hydrogens (tertiary/aromatic N) is 1. The zero-order valence-electron chi connectivity index (χ0n) is 8.01. The minimum atomic E-state index is 0.512. The third-order valence-corrected chi connectivity index (χ3v) is 3.19. The SMILES string of the molecule is CC(C)N(C)c1ccc(Br)cc1Br. The molecule has 1 aromatic rings. The van der Waals surface area contributed by atoms with E-state index in [-0.39, 0.29) is 0 Å². The highest BCUT2D eigenvalue weighted by atomic mass is 79.9. The third-order valence-electron chi connectivity index (χ3n) is 2.06. The molecule has 0 aliphatic carbocycles. The summed E-state index contributed by atoms with van der Waals surface area (Å²) in [5, 5.41) is 0. The smallest absolute Gasteiger partial charge is 0.0511 e. The van der Waals surface area contributed by atoms with Gasteiger partial charge in [0.25, 0.3) is 0 Å². The lowest BCUT2D eigenvalue weighted by Gasteiger charge is -2.25. The summed E-state index contributed by atoms with van der Waals surface area (Å²) in [5.41, 5.74) is 1.22. The molecule has 0 N–H and O–H groups in total. The third kappa shape index (κ3) is 2.71. The van der Waals surface area contributed by atoms with Crippen LogP contribution < -0.4 is 4.90 Å². The van der Waals surface area contributed by atoms with Crippen LogP contribution in [0.15, 0.2) is 27.1 Å². The summed E-state index contributed by atoms with van der Waals surface area (Å²) in [6, 6.07) is 6.74. The summed E-state index contributed by atoms with van der Waals surface area (Å²) in [6.07, 6.45) is 0. The van der Waals surface area contributed by atoms with Crippen molar-refractivity contribution in [2.24, 2.45) is 0 Å². The summed E-state index contributed by atoms with van der Waals surface area (Å²) in [6.45, 7) is 4.35. The van der Waals surface area contributed by atoms with Crippen molar-refractivity contribution >= 4 is 37.5 Å². The van der Waals surface area contributed by atoms with Gasteiger partial charge in [0, 0.05) is 22.0 Å². The minimum absolute atomic E-state index is 0.512. The summed E-state index contributed by atoms with van der Waals surface area (Å²) in [5.74, 6) is 0. The monoisotopic (exact) mass is 305 g/mol. The van der Waals surface area contributed by atoms with Gasteiger partial charge in [-0.15, -0.1) is 0 Å². The van der Waals surface area contributed by atoms with Crippen molar-refractivity contribution in [3.05, 3.63) is 27.1 Å². The van der Waals surface area contributed by atoms with E-state index < -0.39 is 0 Å². The Morgan fingerprint density at radius 1 is 1.23 bits per heavy atom. The van der Waals surface area contributed by atoms with Crippen LogP contribution in [-0.4, -0.2) is 13.1 Å². The van der Waals surface area contributed by atoms with Gasteiger partial charge in [0.1, 0.15) is 0 Å². The maximum atomic E-state index is 3.54. The number of halogens is 2. The van der Waals surface area contributed by atoms with E-state index >= 15 is 0 Å². The van der Waals surface area contributed by atoms with Gasteiger partial charge in [0.2, 0.25) is 0 Å². The number of anilines is 1. The van der Waals surface area contributed by atoms with Crippen molar-refractivity contribution < 1.29 is 0 Å². The Bertz CT molecular complexity index is 297. The first-order chi connectivity index (χ1) is 6.02. The van der Waals surface area contributed by atoms with E-state index in [2.05, 4.69) is 75.9 Å². The van der Waals surface area contributed by atoms with E-state index in [0.29, 0.717) is 6.04 Å². The second kappa shape index (κ2) is 4.47. The lowest BCUT2D eigenvalue weighted by Crippen LogP contribution is -2.25. The van der Waals surface area contributed by atoms with Crippen LogP contribution in [0.3, 0.4) is 0 Å². The largest absolute Gasteiger partial charge is 0.371 e. The molecule has 0 unspecified atom stereocenters. The summed E-state index contributed by atoms with van der Waals surface area (Å²) >= 11 is 6.98. The predicted octanol–water partition coefficient (Wildman–Crippen LogP) is 4.06. The van der Waals surface area contributed by atoms with Gasteiger partial charge < -0.3 is 4.90 Å². The number of hydrogen-bond acceptors (Lipinski definition) is 1. The Hall–Kier alpha value is -0.0200. The number of rotatable bonds is 2. The number of benzene rings is 1. The Labute approximate surface area is 96.4 Å². The van der Waals surface area contributed by atoms with E-state index in [4.69, 9.17) is 0 Å². The highest BCUT2D eigenvalue weighted by molar-refractivity contribution is 9.11. The summed E-state index contributed by atoms with van der Waals surface area (Å²) < 4.78 is 2.22. The van der Waals surface area contributed by atoms with Crippen LogP contribution in [0, 0.1) is 0 Å². The molecule has 0 saturated carbocycles. The van der Waals surface area contributed by atoms with E-state index in [1.165, 1.54) is 5.69 Å². The van der Waals surface area contributed by atoms with Crippen molar-refractivity contribution in [1.82, 2.24) is 0 Å². The first-order valence-corrected chi connectivity index (χ1v) is 5.79. The maximum Gasteiger partial charge on any atom is 0.0511 e.